The summed E-state index contributed by atoms with van der Waals surface area (Å²) in [4.78, 5) is 13.5. The Morgan fingerprint density at radius 3 is 2.50 bits per heavy atom. The van der Waals surface area contributed by atoms with Crippen molar-refractivity contribution in [3.63, 3.8) is 0 Å². The van der Waals surface area contributed by atoms with Crippen LogP contribution in [-0.4, -0.2) is 25.9 Å². The van der Waals surface area contributed by atoms with Crippen molar-refractivity contribution in [3.8, 4) is 0 Å². The van der Waals surface area contributed by atoms with Crippen LogP contribution in [0.15, 0.2) is 29.2 Å². The number of aryl methyl sites for hydroxylation is 1. The molecule has 2 aromatic rings. The molecule has 0 radical (unpaired) electrons. The highest BCUT2D eigenvalue weighted by Gasteiger charge is 2.26. The van der Waals surface area contributed by atoms with Crippen molar-refractivity contribution in [2.24, 2.45) is 7.05 Å². The Labute approximate surface area is 142 Å². The van der Waals surface area contributed by atoms with E-state index in [-0.39, 0.29) is 23.8 Å². The summed E-state index contributed by atoms with van der Waals surface area (Å²) in [6, 6.07) is 6.79. The second-order valence-electron chi connectivity index (χ2n) is 6.20. The van der Waals surface area contributed by atoms with E-state index in [1.54, 1.807) is 30.1 Å². The van der Waals surface area contributed by atoms with Gasteiger partial charge in [-0.15, -0.1) is 0 Å². The number of hydrogen-bond acceptors (Lipinski definition) is 3. The third-order valence-electron chi connectivity index (χ3n) is 4.77. The third-order valence-corrected chi connectivity index (χ3v) is 6.17. The molecule has 0 fully saturated rings. The highest BCUT2D eigenvalue weighted by molar-refractivity contribution is 7.89. The van der Waals surface area contributed by atoms with Crippen molar-refractivity contribution in [2.45, 2.75) is 31.7 Å². The van der Waals surface area contributed by atoms with Gasteiger partial charge in [-0.1, -0.05) is 0 Å². The molecule has 6 nitrogen and oxygen atoms in total. The minimum absolute atomic E-state index is 0.0251. The van der Waals surface area contributed by atoms with Crippen molar-refractivity contribution in [1.29, 1.82) is 0 Å². The maximum atomic E-state index is 12.6. The van der Waals surface area contributed by atoms with E-state index in [0.717, 1.165) is 28.2 Å². The molecule has 2 heterocycles. The molecule has 1 aliphatic heterocycles. The first-order valence-electron chi connectivity index (χ1n) is 7.71. The Hall–Kier alpha value is -2.12. The fourth-order valence-electron chi connectivity index (χ4n) is 2.98. The molecule has 128 valence electrons. The molecule has 1 amide bonds. The van der Waals surface area contributed by atoms with Crippen LogP contribution >= 0.6 is 0 Å². The third kappa shape index (κ3) is 2.74. The first-order valence-corrected chi connectivity index (χ1v) is 9.20. The molecule has 3 rings (SSSR count). The molecule has 1 aliphatic rings. The normalized spacial score (nSPS) is 14.3. The summed E-state index contributed by atoms with van der Waals surface area (Å²) < 4.78 is 29.8. The predicted molar refractivity (Wildman–Crippen MR) is 92.5 cm³/mol. The lowest BCUT2D eigenvalue weighted by molar-refractivity contribution is -0.117. The van der Waals surface area contributed by atoms with E-state index in [4.69, 9.17) is 0 Å². The molecule has 0 unspecified atom stereocenters. The minimum Gasteiger partial charge on any atom is -0.352 e. The van der Waals surface area contributed by atoms with Crippen LogP contribution in [0.5, 0.6) is 0 Å². The number of carbonyl (C=O) groups is 1. The van der Waals surface area contributed by atoms with Crippen LogP contribution in [-0.2, 0) is 34.8 Å². The molecule has 1 aromatic heterocycles. The predicted octanol–water partition coefficient (Wildman–Crippen LogP) is 1.64. The molecule has 0 saturated carbocycles. The first-order chi connectivity index (χ1) is 11.2. The van der Waals surface area contributed by atoms with Gasteiger partial charge < -0.3 is 9.47 Å². The van der Waals surface area contributed by atoms with Crippen molar-refractivity contribution < 1.29 is 13.2 Å². The number of rotatable bonds is 4. The van der Waals surface area contributed by atoms with Gasteiger partial charge in [0.2, 0.25) is 15.9 Å². The summed E-state index contributed by atoms with van der Waals surface area (Å²) in [5.74, 6) is -0.0251. The largest absolute Gasteiger partial charge is 0.352 e. The second kappa shape index (κ2) is 5.75. The molecule has 0 bridgehead atoms. The summed E-state index contributed by atoms with van der Waals surface area (Å²) in [6.07, 6.45) is 0.242. The van der Waals surface area contributed by atoms with E-state index in [9.17, 15) is 13.2 Å². The SMILES string of the molecule is Cc1cc(CNS(=O)(=O)c2ccc3c(c2)CC(=O)N3C)c(C)n1C. The number of amides is 1. The number of carbonyl (C=O) groups excluding carboxylic acids is 1. The number of sulfonamides is 1. The van der Waals surface area contributed by atoms with Gasteiger partial charge in [0.15, 0.2) is 0 Å². The number of benzene rings is 1. The Bertz CT molecular complexity index is 929. The Morgan fingerprint density at radius 2 is 1.88 bits per heavy atom. The summed E-state index contributed by atoms with van der Waals surface area (Å²) in [6.45, 7) is 4.19. The van der Waals surface area contributed by atoms with E-state index in [1.807, 2.05) is 31.5 Å². The molecule has 24 heavy (non-hydrogen) atoms. The molecule has 1 N–H and O–H groups in total. The summed E-state index contributed by atoms with van der Waals surface area (Å²) >= 11 is 0. The molecule has 0 saturated heterocycles. The lowest BCUT2D eigenvalue weighted by atomic mass is 10.2. The van der Waals surface area contributed by atoms with Crippen LogP contribution < -0.4 is 9.62 Å². The van der Waals surface area contributed by atoms with Gasteiger partial charge >= 0.3 is 0 Å². The van der Waals surface area contributed by atoms with E-state index in [0.29, 0.717) is 0 Å². The average Bonchev–Trinajstić information content (AvgIpc) is 2.96. The number of likely N-dealkylation sites (N-methyl/N-ethyl adjacent to an activating group) is 1. The van der Waals surface area contributed by atoms with E-state index in [1.165, 1.54) is 0 Å². The number of fused-ring (bicyclic) bond motifs is 1. The summed E-state index contributed by atoms with van der Waals surface area (Å²) in [5.41, 5.74) is 4.59. The molecule has 0 aliphatic carbocycles. The lowest BCUT2D eigenvalue weighted by Crippen LogP contribution is -2.23. The molecule has 7 heteroatoms. The van der Waals surface area contributed by atoms with Crippen LogP contribution in [0.1, 0.15) is 22.5 Å². The average molecular weight is 347 g/mol. The van der Waals surface area contributed by atoms with E-state index in [2.05, 4.69) is 4.72 Å². The van der Waals surface area contributed by atoms with Crippen LogP contribution in [0.3, 0.4) is 0 Å². The van der Waals surface area contributed by atoms with Crippen molar-refractivity contribution in [1.82, 2.24) is 9.29 Å². The topological polar surface area (TPSA) is 71.4 Å². The van der Waals surface area contributed by atoms with Gasteiger partial charge in [0.05, 0.1) is 11.3 Å². The van der Waals surface area contributed by atoms with Gasteiger partial charge in [0.1, 0.15) is 0 Å². The van der Waals surface area contributed by atoms with Crippen molar-refractivity contribution >= 4 is 21.6 Å². The summed E-state index contributed by atoms with van der Waals surface area (Å²) in [5, 5.41) is 0. The van der Waals surface area contributed by atoms with Gasteiger partial charge in [0.25, 0.3) is 0 Å². The van der Waals surface area contributed by atoms with Gasteiger partial charge in [-0.3, -0.25) is 4.79 Å². The second-order valence-corrected chi connectivity index (χ2v) is 7.97. The smallest absolute Gasteiger partial charge is 0.240 e. The van der Waals surface area contributed by atoms with E-state index >= 15 is 0 Å². The van der Waals surface area contributed by atoms with Crippen molar-refractivity contribution in [2.75, 3.05) is 11.9 Å². The molecular weight excluding hydrogens is 326 g/mol. The van der Waals surface area contributed by atoms with Crippen LogP contribution in [0.4, 0.5) is 5.69 Å². The monoisotopic (exact) mass is 347 g/mol. The number of aromatic nitrogens is 1. The van der Waals surface area contributed by atoms with Crippen molar-refractivity contribution in [3.05, 3.63) is 46.8 Å². The number of hydrogen-bond donors (Lipinski definition) is 1. The van der Waals surface area contributed by atoms with E-state index < -0.39 is 10.0 Å². The Kier molecular flexibility index (Phi) is 4.01. The lowest BCUT2D eigenvalue weighted by Gasteiger charge is -2.11. The fourth-order valence-corrected chi connectivity index (χ4v) is 4.04. The fraction of sp³-hybridized carbons (Fsp3) is 0.353. The zero-order valence-electron chi connectivity index (χ0n) is 14.3. The van der Waals surface area contributed by atoms with Gasteiger partial charge in [-0.2, -0.15) is 0 Å². The zero-order chi connectivity index (χ0) is 17.6. The van der Waals surface area contributed by atoms with Crippen LogP contribution in [0, 0.1) is 13.8 Å². The standard InChI is InChI=1S/C17H21N3O3S/c1-11-7-14(12(2)19(11)3)10-18-24(22,23)15-5-6-16-13(8-15)9-17(21)20(16)4/h5-8,18H,9-10H2,1-4H3. The molecular formula is C17H21N3O3S. The maximum absolute atomic E-state index is 12.6. The molecule has 0 spiro atoms. The number of nitrogens with zero attached hydrogens (tertiary/aromatic N) is 2. The zero-order valence-corrected chi connectivity index (χ0v) is 15.1. The Balaban J connectivity index is 1.83. The first kappa shape index (κ1) is 16.7. The minimum atomic E-state index is -3.62. The molecule has 0 atom stereocenters. The van der Waals surface area contributed by atoms with Crippen LogP contribution in [0.2, 0.25) is 0 Å². The van der Waals surface area contributed by atoms with Gasteiger partial charge in [-0.05, 0) is 49.2 Å². The van der Waals surface area contributed by atoms with Gasteiger partial charge in [0, 0.05) is 37.7 Å². The quantitative estimate of drug-likeness (QED) is 0.914. The number of anilines is 1. The van der Waals surface area contributed by atoms with Gasteiger partial charge in [-0.25, -0.2) is 13.1 Å². The highest BCUT2D eigenvalue weighted by Crippen LogP contribution is 2.29. The summed E-state index contributed by atoms with van der Waals surface area (Å²) in [7, 11) is 0.0261. The highest BCUT2D eigenvalue weighted by atomic mass is 32.2. The van der Waals surface area contributed by atoms with Crippen LogP contribution in [0.25, 0.3) is 0 Å². The maximum Gasteiger partial charge on any atom is 0.240 e. The molecule has 1 aromatic carbocycles. The Morgan fingerprint density at radius 1 is 1.17 bits per heavy atom. The number of nitrogens with one attached hydrogen (secondary N) is 1.